The smallest absolute Gasteiger partial charge is 0.251 e. The van der Waals surface area contributed by atoms with Gasteiger partial charge >= 0.3 is 0 Å². The second-order valence-corrected chi connectivity index (χ2v) is 5.02. The van der Waals surface area contributed by atoms with Gasteiger partial charge in [0.2, 0.25) is 5.91 Å². The summed E-state index contributed by atoms with van der Waals surface area (Å²) in [5.74, 6) is -0.246. The lowest BCUT2D eigenvalue weighted by atomic mass is 10.0. The van der Waals surface area contributed by atoms with E-state index in [4.69, 9.17) is 5.11 Å². The molecule has 0 spiro atoms. The Hall–Kier alpha value is -1.88. The third-order valence-electron chi connectivity index (χ3n) is 3.50. The van der Waals surface area contributed by atoms with Crippen LogP contribution in [0.2, 0.25) is 0 Å². The van der Waals surface area contributed by atoms with Crippen LogP contribution in [0.1, 0.15) is 29.8 Å². The molecule has 1 aromatic carbocycles. The molecule has 1 aliphatic heterocycles. The van der Waals surface area contributed by atoms with Gasteiger partial charge in [-0.05, 0) is 30.5 Å². The zero-order valence-electron chi connectivity index (χ0n) is 11.1. The number of nitrogens with one attached hydrogen (secondary N) is 2. The van der Waals surface area contributed by atoms with Crippen LogP contribution in [0, 0.1) is 5.92 Å². The molecule has 2 atom stereocenters. The van der Waals surface area contributed by atoms with Crippen molar-refractivity contribution in [1.29, 1.82) is 0 Å². The molecular weight excluding hydrogens is 244 g/mol. The van der Waals surface area contributed by atoms with E-state index in [1.165, 1.54) is 0 Å². The highest BCUT2D eigenvalue weighted by atomic mass is 16.3. The summed E-state index contributed by atoms with van der Waals surface area (Å²) in [6, 6.07) is 5.08. The number of carbonyl (C=O) groups excluding carboxylic acids is 2. The molecule has 0 fully saturated rings. The summed E-state index contributed by atoms with van der Waals surface area (Å²) < 4.78 is 0. The van der Waals surface area contributed by atoms with E-state index in [1.54, 1.807) is 18.2 Å². The van der Waals surface area contributed by atoms with Crippen LogP contribution in [-0.4, -0.2) is 29.6 Å². The minimum Gasteiger partial charge on any atom is -0.396 e. The molecule has 5 heteroatoms. The molecule has 2 rings (SSSR count). The van der Waals surface area contributed by atoms with Crippen LogP contribution in [0.5, 0.6) is 0 Å². The molecular formula is C14H18N2O3. The molecule has 0 bridgehead atoms. The van der Waals surface area contributed by atoms with Crippen LogP contribution in [0.25, 0.3) is 0 Å². The van der Waals surface area contributed by atoms with E-state index in [-0.39, 0.29) is 30.4 Å². The first-order valence-electron chi connectivity index (χ1n) is 6.35. The number of anilines is 1. The molecule has 1 aliphatic rings. The molecule has 0 saturated carbocycles. The van der Waals surface area contributed by atoms with Gasteiger partial charge in [-0.3, -0.25) is 9.59 Å². The summed E-state index contributed by atoms with van der Waals surface area (Å²) in [4.78, 5) is 23.3. The maximum Gasteiger partial charge on any atom is 0.251 e. The number of fused-ring (bicyclic) bond motifs is 1. The van der Waals surface area contributed by atoms with E-state index in [9.17, 15) is 9.59 Å². The van der Waals surface area contributed by atoms with Crippen molar-refractivity contribution in [3.8, 4) is 0 Å². The molecule has 0 saturated heterocycles. The summed E-state index contributed by atoms with van der Waals surface area (Å²) in [5, 5.41) is 14.6. The first-order chi connectivity index (χ1) is 9.01. The number of carbonyl (C=O) groups is 2. The standard InChI is InChI=1S/C14H18N2O3/c1-8(7-17)9(2)15-14(19)11-4-3-10-6-13(18)16-12(10)5-11/h3-5,8-9,17H,6-7H2,1-2H3,(H,15,19)(H,16,18). The summed E-state index contributed by atoms with van der Waals surface area (Å²) in [5.41, 5.74) is 2.14. The molecule has 0 aliphatic carbocycles. The van der Waals surface area contributed by atoms with Crippen molar-refractivity contribution in [2.45, 2.75) is 26.3 Å². The highest BCUT2D eigenvalue weighted by Gasteiger charge is 2.20. The maximum atomic E-state index is 12.1. The molecule has 0 radical (unpaired) electrons. The summed E-state index contributed by atoms with van der Waals surface area (Å²) >= 11 is 0. The monoisotopic (exact) mass is 262 g/mol. The number of hydrogen-bond acceptors (Lipinski definition) is 3. The normalized spacial score (nSPS) is 16.5. The molecule has 1 heterocycles. The average Bonchev–Trinajstić information content (AvgIpc) is 2.76. The van der Waals surface area contributed by atoms with Crippen LogP contribution in [-0.2, 0) is 11.2 Å². The number of aliphatic hydroxyl groups is 1. The van der Waals surface area contributed by atoms with E-state index < -0.39 is 0 Å². The summed E-state index contributed by atoms with van der Waals surface area (Å²) in [6.07, 6.45) is 0.370. The first kappa shape index (κ1) is 13.5. The Morgan fingerprint density at radius 2 is 2.21 bits per heavy atom. The first-order valence-corrected chi connectivity index (χ1v) is 6.35. The zero-order valence-corrected chi connectivity index (χ0v) is 11.1. The highest BCUT2D eigenvalue weighted by molar-refractivity contribution is 6.02. The predicted octanol–water partition coefficient (Wildman–Crippen LogP) is 0.928. The second-order valence-electron chi connectivity index (χ2n) is 5.02. The lowest BCUT2D eigenvalue weighted by Crippen LogP contribution is -2.38. The fourth-order valence-electron chi connectivity index (χ4n) is 1.95. The quantitative estimate of drug-likeness (QED) is 0.755. The number of hydrogen-bond donors (Lipinski definition) is 3. The Kier molecular flexibility index (Phi) is 3.85. The Bertz CT molecular complexity index is 513. The van der Waals surface area contributed by atoms with Gasteiger partial charge in [0.05, 0.1) is 6.42 Å². The Morgan fingerprint density at radius 1 is 1.47 bits per heavy atom. The molecule has 3 N–H and O–H groups in total. The fourth-order valence-corrected chi connectivity index (χ4v) is 1.95. The van der Waals surface area contributed by atoms with E-state index in [2.05, 4.69) is 10.6 Å². The summed E-state index contributed by atoms with van der Waals surface area (Å²) in [7, 11) is 0. The van der Waals surface area contributed by atoms with Gasteiger partial charge in [0.1, 0.15) is 0 Å². The van der Waals surface area contributed by atoms with Gasteiger partial charge in [0.25, 0.3) is 5.91 Å². The summed E-state index contributed by atoms with van der Waals surface area (Å²) in [6.45, 7) is 3.75. The number of rotatable bonds is 4. The lowest BCUT2D eigenvalue weighted by molar-refractivity contribution is -0.115. The molecule has 1 aromatic rings. The third-order valence-corrected chi connectivity index (χ3v) is 3.50. The molecule has 2 amide bonds. The number of benzene rings is 1. The van der Waals surface area contributed by atoms with E-state index in [0.29, 0.717) is 17.7 Å². The van der Waals surface area contributed by atoms with Crippen LogP contribution in [0.4, 0.5) is 5.69 Å². The zero-order chi connectivity index (χ0) is 14.0. The van der Waals surface area contributed by atoms with Crippen molar-refractivity contribution in [3.05, 3.63) is 29.3 Å². The SMILES string of the molecule is CC(CO)C(C)NC(=O)c1ccc2c(c1)NC(=O)C2. The topological polar surface area (TPSA) is 78.4 Å². The minimum atomic E-state index is -0.197. The molecule has 102 valence electrons. The molecule has 0 aromatic heterocycles. The van der Waals surface area contributed by atoms with Crippen molar-refractivity contribution in [3.63, 3.8) is 0 Å². The second kappa shape index (κ2) is 5.40. The van der Waals surface area contributed by atoms with E-state index in [0.717, 1.165) is 5.56 Å². The number of amides is 2. The average molecular weight is 262 g/mol. The van der Waals surface area contributed by atoms with Gasteiger partial charge < -0.3 is 15.7 Å². The van der Waals surface area contributed by atoms with Crippen molar-refractivity contribution in [2.24, 2.45) is 5.92 Å². The van der Waals surface area contributed by atoms with Gasteiger partial charge in [-0.25, -0.2) is 0 Å². The van der Waals surface area contributed by atoms with Crippen LogP contribution >= 0.6 is 0 Å². The largest absolute Gasteiger partial charge is 0.396 e. The third kappa shape index (κ3) is 2.93. The van der Waals surface area contributed by atoms with Crippen LogP contribution in [0.3, 0.4) is 0 Å². The predicted molar refractivity (Wildman–Crippen MR) is 72.0 cm³/mol. The number of aliphatic hydroxyl groups excluding tert-OH is 1. The highest BCUT2D eigenvalue weighted by Crippen LogP contribution is 2.24. The maximum absolute atomic E-state index is 12.1. The van der Waals surface area contributed by atoms with E-state index >= 15 is 0 Å². The van der Waals surface area contributed by atoms with Gasteiger partial charge in [-0.15, -0.1) is 0 Å². The Morgan fingerprint density at radius 3 is 2.89 bits per heavy atom. The van der Waals surface area contributed by atoms with Gasteiger partial charge in [0.15, 0.2) is 0 Å². The van der Waals surface area contributed by atoms with Crippen molar-refractivity contribution < 1.29 is 14.7 Å². The minimum absolute atomic E-state index is 0.00178. The van der Waals surface area contributed by atoms with Crippen molar-refractivity contribution in [2.75, 3.05) is 11.9 Å². The van der Waals surface area contributed by atoms with Gasteiger partial charge in [-0.1, -0.05) is 13.0 Å². The molecule has 19 heavy (non-hydrogen) atoms. The van der Waals surface area contributed by atoms with Crippen molar-refractivity contribution >= 4 is 17.5 Å². The Labute approximate surface area is 112 Å². The van der Waals surface area contributed by atoms with Crippen molar-refractivity contribution in [1.82, 2.24) is 5.32 Å². The van der Waals surface area contributed by atoms with Crippen LogP contribution in [0.15, 0.2) is 18.2 Å². The lowest BCUT2D eigenvalue weighted by Gasteiger charge is -2.19. The van der Waals surface area contributed by atoms with E-state index in [1.807, 2.05) is 13.8 Å². The Balaban J connectivity index is 2.09. The molecule has 2 unspecified atom stereocenters. The molecule has 5 nitrogen and oxygen atoms in total. The van der Waals surface area contributed by atoms with Crippen LogP contribution < -0.4 is 10.6 Å². The fraction of sp³-hybridized carbons (Fsp3) is 0.429. The van der Waals surface area contributed by atoms with Gasteiger partial charge in [0, 0.05) is 23.9 Å². The van der Waals surface area contributed by atoms with Gasteiger partial charge in [-0.2, -0.15) is 0 Å².